The summed E-state index contributed by atoms with van der Waals surface area (Å²) in [5.41, 5.74) is 2.61. The van der Waals surface area contributed by atoms with Crippen LogP contribution < -0.4 is 10.1 Å². The van der Waals surface area contributed by atoms with E-state index >= 15 is 0 Å². The molecule has 2 aromatic rings. The molecule has 0 unspecified atom stereocenters. The van der Waals surface area contributed by atoms with E-state index in [4.69, 9.17) is 9.47 Å². The predicted molar refractivity (Wildman–Crippen MR) is 88.3 cm³/mol. The second-order valence-electron chi connectivity index (χ2n) is 6.46. The Balaban J connectivity index is 1.49. The minimum Gasteiger partial charge on any atom is -0.491 e. The van der Waals surface area contributed by atoms with Gasteiger partial charge in [0.05, 0.1) is 23.9 Å². The van der Waals surface area contributed by atoms with E-state index < -0.39 is 0 Å². The van der Waals surface area contributed by atoms with Crippen LogP contribution in [0.2, 0.25) is 0 Å². The van der Waals surface area contributed by atoms with Crippen LogP contribution in [0.5, 0.6) is 5.75 Å². The molecule has 1 aromatic carbocycles. The lowest BCUT2D eigenvalue weighted by Gasteiger charge is -2.26. The monoisotopic (exact) mass is 327 g/mol. The zero-order chi connectivity index (χ0) is 16.5. The van der Waals surface area contributed by atoms with Crippen molar-refractivity contribution in [1.29, 1.82) is 0 Å². The Labute approximate surface area is 140 Å². The molecule has 0 bridgehead atoms. The Bertz CT molecular complexity index is 750. The Morgan fingerprint density at radius 2 is 2.21 bits per heavy atom. The van der Waals surface area contributed by atoms with Crippen molar-refractivity contribution in [2.45, 2.75) is 24.8 Å². The van der Waals surface area contributed by atoms with Gasteiger partial charge in [-0.1, -0.05) is 18.2 Å². The molecule has 126 valence electrons. The normalized spacial score (nSPS) is 22.7. The van der Waals surface area contributed by atoms with Crippen LogP contribution >= 0.6 is 0 Å². The highest BCUT2D eigenvalue weighted by atomic mass is 16.5. The molecule has 2 aliphatic rings. The van der Waals surface area contributed by atoms with Crippen molar-refractivity contribution >= 4 is 5.91 Å². The predicted octanol–water partition coefficient (Wildman–Crippen LogP) is 1.66. The van der Waals surface area contributed by atoms with Gasteiger partial charge in [-0.3, -0.25) is 9.48 Å². The number of nitrogens with zero attached hydrogens (tertiary/aromatic N) is 2. The molecule has 6 nitrogen and oxygen atoms in total. The number of aryl methyl sites for hydroxylation is 1. The molecular formula is C18H21N3O3. The molecule has 1 aromatic heterocycles. The molecule has 0 radical (unpaired) electrons. The average molecular weight is 327 g/mol. The van der Waals surface area contributed by atoms with E-state index in [9.17, 15) is 4.79 Å². The van der Waals surface area contributed by atoms with Crippen molar-refractivity contribution in [3.8, 4) is 5.75 Å². The van der Waals surface area contributed by atoms with Gasteiger partial charge < -0.3 is 14.8 Å². The van der Waals surface area contributed by atoms with Crippen LogP contribution in [0.1, 0.15) is 34.0 Å². The Hall–Kier alpha value is -2.34. The summed E-state index contributed by atoms with van der Waals surface area (Å²) in [4.78, 5) is 12.8. The van der Waals surface area contributed by atoms with Crippen LogP contribution in [0.15, 0.2) is 30.5 Å². The van der Waals surface area contributed by atoms with E-state index in [0.29, 0.717) is 18.8 Å². The third kappa shape index (κ3) is 2.89. The standard InChI is InChI=1S/C18H21N3O3/c1-21-9-15(17(20-21)13-6-7-23-10-13)18(22)19-14-8-12-4-2-3-5-16(12)24-11-14/h2-5,9,13-14H,6-8,10-11H2,1H3,(H,19,22)/t13-,14-/m1/s1. The lowest BCUT2D eigenvalue weighted by molar-refractivity contribution is 0.0913. The molecule has 0 aliphatic carbocycles. The van der Waals surface area contributed by atoms with Crippen molar-refractivity contribution in [3.05, 3.63) is 47.3 Å². The van der Waals surface area contributed by atoms with Crippen LogP contribution in [0.3, 0.4) is 0 Å². The van der Waals surface area contributed by atoms with E-state index in [-0.39, 0.29) is 17.9 Å². The van der Waals surface area contributed by atoms with Gasteiger partial charge in [0.2, 0.25) is 0 Å². The fraction of sp³-hybridized carbons (Fsp3) is 0.444. The molecule has 4 rings (SSSR count). The Kier molecular flexibility index (Phi) is 3.98. The van der Waals surface area contributed by atoms with Crippen molar-refractivity contribution in [2.75, 3.05) is 19.8 Å². The number of benzene rings is 1. The number of nitrogens with one attached hydrogen (secondary N) is 1. The van der Waals surface area contributed by atoms with Gasteiger partial charge in [-0.05, 0) is 24.5 Å². The van der Waals surface area contributed by atoms with Gasteiger partial charge in [0, 0.05) is 25.8 Å². The summed E-state index contributed by atoms with van der Waals surface area (Å²) in [5.74, 6) is 1.03. The summed E-state index contributed by atoms with van der Waals surface area (Å²) in [7, 11) is 1.84. The number of hydrogen-bond donors (Lipinski definition) is 1. The fourth-order valence-electron chi connectivity index (χ4n) is 3.42. The minimum absolute atomic E-state index is 0.0275. The third-order valence-corrected chi connectivity index (χ3v) is 4.63. The van der Waals surface area contributed by atoms with E-state index in [1.807, 2.05) is 31.3 Å². The van der Waals surface area contributed by atoms with Crippen LogP contribution in [-0.2, 0) is 18.2 Å². The molecule has 1 fully saturated rings. The van der Waals surface area contributed by atoms with Gasteiger partial charge >= 0.3 is 0 Å². The SMILES string of the molecule is Cn1cc(C(=O)N[C@H]2COc3ccccc3C2)c([C@@H]2CCOC2)n1. The van der Waals surface area contributed by atoms with Crippen LogP contribution in [0.25, 0.3) is 0 Å². The molecule has 0 spiro atoms. The summed E-state index contributed by atoms with van der Waals surface area (Å²) in [5, 5.41) is 7.58. The first-order chi connectivity index (χ1) is 11.7. The van der Waals surface area contributed by atoms with Gasteiger partial charge in [0.15, 0.2) is 0 Å². The van der Waals surface area contributed by atoms with Crippen molar-refractivity contribution in [1.82, 2.24) is 15.1 Å². The van der Waals surface area contributed by atoms with Crippen LogP contribution in [-0.4, -0.2) is 41.6 Å². The highest BCUT2D eigenvalue weighted by Crippen LogP contribution is 2.27. The average Bonchev–Trinajstić information content (AvgIpc) is 3.24. The summed E-state index contributed by atoms with van der Waals surface area (Å²) >= 11 is 0. The number of hydrogen-bond acceptors (Lipinski definition) is 4. The molecule has 1 saturated heterocycles. The highest BCUT2D eigenvalue weighted by Gasteiger charge is 2.28. The summed E-state index contributed by atoms with van der Waals surface area (Å²) < 4.78 is 12.9. The lowest BCUT2D eigenvalue weighted by atomic mass is 9.99. The van der Waals surface area contributed by atoms with E-state index in [1.54, 1.807) is 10.9 Å². The van der Waals surface area contributed by atoms with Gasteiger partial charge in [-0.15, -0.1) is 0 Å². The summed E-state index contributed by atoms with van der Waals surface area (Å²) in [6.45, 7) is 1.86. The maximum Gasteiger partial charge on any atom is 0.255 e. The van der Waals surface area contributed by atoms with E-state index in [2.05, 4.69) is 10.4 Å². The second-order valence-corrected chi connectivity index (χ2v) is 6.46. The second kappa shape index (κ2) is 6.28. The van der Waals surface area contributed by atoms with Gasteiger partial charge in [0.25, 0.3) is 5.91 Å². The van der Waals surface area contributed by atoms with Gasteiger partial charge in [-0.25, -0.2) is 0 Å². The number of amides is 1. The number of carbonyl (C=O) groups is 1. The number of rotatable bonds is 3. The maximum atomic E-state index is 12.8. The minimum atomic E-state index is -0.0852. The Morgan fingerprint density at radius 1 is 1.33 bits per heavy atom. The molecule has 2 aliphatic heterocycles. The number of carbonyl (C=O) groups excluding carboxylic acids is 1. The van der Waals surface area contributed by atoms with Crippen molar-refractivity contribution < 1.29 is 14.3 Å². The molecule has 6 heteroatoms. The van der Waals surface area contributed by atoms with Crippen LogP contribution in [0, 0.1) is 0 Å². The largest absolute Gasteiger partial charge is 0.491 e. The maximum absolute atomic E-state index is 12.8. The summed E-state index contributed by atoms with van der Waals surface area (Å²) in [6, 6.07) is 7.93. The lowest BCUT2D eigenvalue weighted by Crippen LogP contribution is -2.43. The zero-order valence-corrected chi connectivity index (χ0v) is 13.7. The number of para-hydroxylation sites is 1. The van der Waals surface area contributed by atoms with Gasteiger partial charge in [-0.2, -0.15) is 5.10 Å². The smallest absolute Gasteiger partial charge is 0.255 e. The third-order valence-electron chi connectivity index (χ3n) is 4.63. The van der Waals surface area contributed by atoms with Crippen LogP contribution in [0.4, 0.5) is 0 Å². The first-order valence-corrected chi connectivity index (χ1v) is 8.33. The van der Waals surface area contributed by atoms with E-state index in [0.717, 1.165) is 36.5 Å². The highest BCUT2D eigenvalue weighted by molar-refractivity contribution is 5.95. The molecule has 1 N–H and O–H groups in total. The number of ether oxygens (including phenoxy) is 2. The fourth-order valence-corrected chi connectivity index (χ4v) is 3.42. The first kappa shape index (κ1) is 15.2. The first-order valence-electron chi connectivity index (χ1n) is 8.33. The van der Waals surface area contributed by atoms with E-state index in [1.165, 1.54) is 0 Å². The molecule has 0 saturated carbocycles. The topological polar surface area (TPSA) is 65.4 Å². The number of fused-ring (bicyclic) bond motifs is 1. The van der Waals surface area contributed by atoms with Gasteiger partial charge in [0.1, 0.15) is 12.4 Å². The molecule has 1 amide bonds. The molecule has 2 atom stereocenters. The zero-order valence-electron chi connectivity index (χ0n) is 13.7. The van der Waals surface area contributed by atoms with Crippen molar-refractivity contribution in [2.24, 2.45) is 7.05 Å². The quantitative estimate of drug-likeness (QED) is 0.931. The number of aromatic nitrogens is 2. The molecule has 3 heterocycles. The molecule has 24 heavy (non-hydrogen) atoms. The van der Waals surface area contributed by atoms with Crippen molar-refractivity contribution in [3.63, 3.8) is 0 Å². The Morgan fingerprint density at radius 3 is 3.04 bits per heavy atom. The summed E-state index contributed by atoms with van der Waals surface area (Å²) in [6.07, 6.45) is 3.49. The molecular weight excluding hydrogens is 306 g/mol.